The summed E-state index contributed by atoms with van der Waals surface area (Å²) in [6.45, 7) is 0.992. The molecule has 0 spiro atoms. The van der Waals surface area contributed by atoms with E-state index in [2.05, 4.69) is 16.0 Å². The lowest BCUT2D eigenvalue weighted by Gasteiger charge is -2.08. The first-order valence-corrected chi connectivity index (χ1v) is 8.01. The smallest absolute Gasteiger partial charge is 0.324 e. The highest BCUT2D eigenvalue weighted by atomic mass is 32.1. The summed E-state index contributed by atoms with van der Waals surface area (Å²) in [5.74, 6) is -0.0572. The third-order valence-electron chi connectivity index (χ3n) is 2.96. The third-order valence-corrected chi connectivity index (χ3v) is 3.75. The van der Waals surface area contributed by atoms with Gasteiger partial charge in [-0.3, -0.25) is 10.1 Å². The molecule has 0 bridgehead atoms. The maximum Gasteiger partial charge on any atom is 0.324 e. The van der Waals surface area contributed by atoms with Crippen molar-refractivity contribution < 1.29 is 14.3 Å². The van der Waals surface area contributed by atoms with Crippen LogP contribution in [0.2, 0.25) is 0 Å². The normalized spacial score (nSPS) is 10.1. The fraction of sp³-hybridized carbons (Fsp3) is 0.250. The number of urea groups is 1. The van der Waals surface area contributed by atoms with Crippen LogP contribution in [-0.2, 0) is 16.0 Å². The molecule has 122 valence electrons. The standard InChI is InChI=1S/C16H19N3O3S/c1-22-9-8-17-14(20)11-12-4-6-13(7-5-12)18-16(21)19-15-3-2-10-23-15/h2-7,10H,8-9,11H2,1H3,(H,17,20)(H2,18,19,21). The zero-order chi connectivity index (χ0) is 16.5. The molecule has 1 heterocycles. The number of amides is 3. The highest BCUT2D eigenvalue weighted by Gasteiger charge is 2.05. The van der Waals surface area contributed by atoms with Crippen LogP contribution in [0.15, 0.2) is 41.8 Å². The molecule has 3 amide bonds. The van der Waals surface area contributed by atoms with Crippen molar-refractivity contribution in [2.75, 3.05) is 30.9 Å². The van der Waals surface area contributed by atoms with Gasteiger partial charge in [-0.15, -0.1) is 11.3 Å². The van der Waals surface area contributed by atoms with E-state index in [9.17, 15) is 9.59 Å². The second-order valence-corrected chi connectivity index (χ2v) is 5.72. The molecule has 7 heteroatoms. The summed E-state index contributed by atoms with van der Waals surface area (Å²) in [5, 5.41) is 10.9. The number of methoxy groups -OCH3 is 1. The molecule has 1 aromatic heterocycles. The molecule has 0 saturated carbocycles. The molecule has 2 rings (SSSR count). The number of nitrogens with one attached hydrogen (secondary N) is 3. The van der Waals surface area contributed by atoms with Gasteiger partial charge in [-0.1, -0.05) is 12.1 Å². The molecule has 0 atom stereocenters. The van der Waals surface area contributed by atoms with Crippen LogP contribution in [0.4, 0.5) is 15.5 Å². The van der Waals surface area contributed by atoms with Crippen molar-refractivity contribution in [2.24, 2.45) is 0 Å². The van der Waals surface area contributed by atoms with Crippen molar-refractivity contribution in [3.63, 3.8) is 0 Å². The van der Waals surface area contributed by atoms with Crippen molar-refractivity contribution in [2.45, 2.75) is 6.42 Å². The summed E-state index contributed by atoms with van der Waals surface area (Å²) in [5.41, 5.74) is 1.55. The van der Waals surface area contributed by atoms with Gasteiger partial charge >= 0.3 is 6.03 Å². The van der Waals surface area contributed by atoms with E-state index in [1.807, 2.05) is 29.6 Å². The largest absolute Gasteiger partial charge is 0.383 e. The number of carbonyl (C=O) groups is 2. The van der Waals surface area contributed by atoms with Gasteiger partial charge in [0.15, 0.2) is 0 Å². The minimum absolute atomic E-state index is 0.0572. The Kier molecular flexibility index (Phi) is 6.58. The molecule has 0 aliphatic carbocycles. The zero-order valence-electron chi connectivity index (χ0n) is 12.8. The van der Waals surface area contributed by atoms with Gasteiger partial charge in [-0.25, -0.2) is 4.79 Å². The van der Waals surface area contributed by atoms with Crippen LogP contribution in [0.25, 0.3) is 0 Å². The molecule has 23 heavy (non-hydrogen) atoms. The summed E-state index contributed by atoms with van der Waals surface area (Å²) >= 11 is 1.45. The zero-order valence-corrected chi connectivity index (χ0v) is 13.6. The molecule has 6 nitrogen and oxygen atoms in total. The van der Waals surface area contributed by atoms with Crippen LogP contribution in [0.5, 0.6) is 0 Å². The Bertz CT molecular complexity index is 627. The Hall–Kier alpha value is -2.38. The SMILES string of the molecule is COCCNC(=O)Cc1ccc(NC(=O)Nc2cccs2)cc1. The van der Waals surface area contributed by atoms with Gasteiger partial charge in [0.1, 0.15) is 0 Å². The number of hydrogen-bond acceptors (Lipinski definition) is 4. The van der Waals surface area contributed by atoms with Crippen LogP contribution in [-0.4, -0.2) is 32.2 Å². The van der Waals surface area contributed by atoms with Crippen molar-refractivity contribution in [1.82, 2.24) is 5.32 Å². The summed E-state index contributed by atoms with van der Waals surface area (Å²) in [4.78, 5) is 23.5. The minimum atomic E-state index is -0.294. The predicted octanol–water partition coefficient (Wildman–Crippen LogP) is 2.70. The fourth-order valence-electron chi connectivity index (χ4n) is 1.87. The molecule has 0 aliphatic heterocycles. The number of hydrogen-bond donors (Lipinski definition) is 3. The maximum absolute atomic E-state index is 11.8. The summed E-state index contributed by atoms with van der Waals surface area (Å²) in [7, 11) is 1.59. The molecular weight excluding hydrogens is 314 g/mol. The van der Waals surface area contributed by atoms with Gasteiger partial charge in [0, 0.05) is 19.3 Å². The van der Waals surface area contributed by atoms with Gasteiger partial charge in [-0.05, 0) is 35.2 Å². The second-order valence-electron chi connectivity index (χ2n) is 4.77. The lowest BCUT2D eigenvalue weighted by atomic mass is 10.1. The van der Waals surface area contributed by atoms with E-state index in [4.69, 9.17) is 4.74 Å². The molecule has 0 aliphatic rings. The van der Waals surface area contributed by atoms with Gasteiger partial charge in [0.05, 0.1) is 18.0 Å². The monoisotopic (exact) mass is 333 g/mol. The van der Waals surface area contributed by atoms with Gasteiger partial charge in [-0.2, -0.15) is 0 Å². The van der Waals surface area contributed by atoms with E-state index >= 15 is 0 Å². The number of anilines is 2. The molecular formula is C16H19N3O3S. The minimum Gasteiger partial charge on any atom is -0.383 e. The number of ether oxygens (including phenoxy) is 1. The average Bonchev–Trinajstić information content (AvgIpc) is 3.02. The van der Waals surface area contributed by atoms with Crippen LogP contribution >= 0.6 is 11.3 Å². The Morgan fingerprint density at radius 2 is 1.91 bits per heavy atom. The highest BCUT2D eigenvalue weighted by Crippen LogP contribution is 2.16. The van der Waals surface area contributed by atoms with Crippen molar-refractivity contribution >= 4 is 34.0 Å². The van der Waals surface area contributed by atoms with Crippen LogP contribution in [0.1, 0.15) is 5.56 Å². The van der Waals surface area contributed by atoms with E-state index in [-0.39, 0.29) is 11.9 Å². The lowest BCUT2D eigenvalue weighted by Crippen LogP contribution is -2.28. The molecule has 3 N–H and O–H groups in total. The molecule has 0 radical (unpaired) electrons. The Balaban J connectivity index is 1.79. The summed E-state index contributed by atoms with van der Waals surface area (Å²) in [6, 6.07) is 10.6. The molecule has 0 saturated heterocycles. The van der Waals surface area contributed by atoms with E-state index < -0.39 is 0 Å². The number of benzene rings is 1. The van der Waals surface area contributed by atoms with Gasteiger partial charge in [0.2, 0.25) is 5.91 Å². The molecule has 0 unspecified atom stereocenters. The third kappa shape index (κ3) is 6.09. The second kappa shape index (κ2) is 8.92. The number of thiophene rings is 1. The lowest BCUT2D eigenvalue weighted by molar-refractivity contribution is -0.120. The first-order valence-electron chi connectivity index (χ1n) is 7.13. The van der Waals surface area contributed by atoms with Crippen molar-refractivity contribution in [3.8, 4) is 0 Å². The van der Waals surface area contributed by atoms with Gasteiger partial charge < -0.3 is 15.4 Å². The Labute approximate surface area is 138 Å². The first-order chi connectivity index (χ1) is 11.2. The number of rotatable bonds is 7. The van der Waals surface area contributed by atoms with E-state index in [0.29, 0.717) is 25.3 Å². The highest BCUT2D eigenvalue weighted by molar-refractivity contribution is 7.14. The first kappa shape index (κ1) is 17.0. The van der Waals surface area contributed by atoms with Crippen LogP contribution in [0.3, 0.4) is 0 Å². The van der Waals surface area contributed by atoms with E-state index in [0.717, 1.165) is 10.6 Å². The van der Waals surface area contributed by atoms with Crippen LogP contribution < -0.4 is 16.0 Å². The summed E-state index contributed by atoms with van der Waals surface area (Å²) < 4.78 is 4.87. The molecule has 2 aromatic rings. The molecule has 0 fully saturated rings. The Morgan fingerprint density at radius 1 is 1.13 bits per heavy atom. The van der Waals surface area contributed by atoms with Crippen molar-refractivity contribution in [3.05, 3.63) is 47.3 Å². The maximum atomic E-state index is 11.8. The predicted molar refractivity (Wildman–Crippen MR) is 92.0 cm³/mol. The number of carbonyl (C=O) groups excluding carboxylic acids is 2. The average molecular weight is 333 g/mol. The van der Waals surface area contributed by atoms with E-state index in [1.54, 1.807) is 19.2 Å². The Morgan fingerprint density at radius 3 is 2.57 bits per heavy atom. The topological polar surface area (TPSA) is 79.5 Å². The molecule has 1 aromatic carbocycles. The van der Waals surface area contributed by atoms with E-state index in [1.165, 1.54) is 11.3 Å². The quantitative estimate of drug-likeness (QED) is 0.682. The summed E-state index contributed by atoms with van der Waals surface area (Å²) in [6.07, 6.45) is 0.297. The fourth-order valence-corrected chi connectivity index (χ4v) is 2.48. The van der Waals surface area contributed by atoms with Crippen LogP contribution in [0, 0.1) is 0 Å². The van der Waals surface area contributed by atoms with Crippen molar-refractivity contribution in [1.29, 1.82) is 0 Å². The van der Waals surface area contributed by atoms with Gasteiger partial charge in [0.25, 0.3) is 0 Å².